The van der Waals surface area contributed by atoms with E-state index >= 15 is 0 Å². The van der Waals surface area contributed by atoms with Gasteiger partial charge < -0.3 is 11.1 Å². The second-order valence-electron chi connectivity index (χ2n) is 5.85. The molecule has 0 bridgehead atoms. The maximum absolute atomic E-state index is 12.5. The molecule has 2 saturated heterocycles. The number of amides is 1. The summed E-state index contributed by atoms with van der Waals surface area (Å²) in [6.07, 6.45) is 3.54. The van der Waals surface area contributed by atoms with E-state index in [0.29, 0.717) is 18.6 Å². The van der Waals surface area contributed by atoms with Crippen LogP contribution in [0.2, 0.25) is 0 Å². The Bertz CT molecular complexity index is 462. The first-order valence-corrected chi connectivity index (χ1v) is 7.59. The number of hydrogen-bond donors (Lipinski definition) is 2. The minimum Gasteiger partial charge on any atom is -0.351 e. The molecule has 108 valence electrons. The highest BCUT2D eigenvalue weighted by Gasteiger charge is 2.38. The summed E-state index contributed by atoms with van der Waals surface area (Å²) < 4.78 is 0. The molecule has 2 aliphatic heterocycles. The number of carbonyl (C=O) groups is 1. The van der Waals surface area contributed by atoms with Crippen LogP contribution in [-0.4, -0.2) is 42.5 Å². The van der Waals surface area contributed by atoms with E-state index in [1.807, 2.05) is 30.3 Å². The molecule has 3 rings (SSSR count). The van der Waals surface area contributed by atoms with Gasteiger partial charge in [0.1, 0.15) is 0 Å². The van der Waals surface area contributed by atoms with E-state index in [0.717, 1.165) is 18.5 Å². The van der Waals surface area contributed by atoms with Gasteiger partial charge in [-0.25, -0.2) is 0 Å². The van der Waals surface area contributed by atoms with Crippen LogP contribution < -0.4 is 11.1 Å². The average Bonchev–Trinajstić information content (AvgIpc) is 3.06. The van der Waals surface area contributed by atoms with E-state index < -0.39 is 0 Å². The summed E-state index contributed by atoms with van der Waals surface area (Å²) in [5.74, 6) is -0.149. The fourth-order valence-electron chi connectivity index (χ4n) is 3.61. The highest BCUT2D eigenvalue weighted by atomic mass is 16.2. The number of benzene rings is 1. The molecule has 1 aromatic carbocycles. The van der Waals surface area contributed by atoms with Gasteiger partial charge in [-0.15, -0.1) is 0 Å². The molecule has 2 aliphatic rings. The molecule has 2 fully saturated rings. The van der Waals surface area contributed by atoms with Crippen LogP contribution in [0.3, 0.4) is 0 Å². The molecule has 0 spiro atoms. The zero-order valence-electron chi connectivity index (χ0n) is 11.8. The lowest BCUT2D eigenvalue weighted by Gasteiger charge is -2.24. The Hall–Kier alpha value is -1.39. The van der Waals surface area contributed by atoms with Crippen molar-refractivity contribution in [3.05, 3.63) is 35.9 Å². The summed E-state index contributed by atoms with van der Waals surface area (Å²) in [4.78, 5) is 15.0. The Morgan fingerprint density at radius 2 is 2.10 bits per heavy atom. The molecule has 3 unspecified atom stereocenters. The number of nitrogens with one attached hydrogen (secondary N) is 1. The lowest BCUT2D eigenvalue weighted by molar-refractivity contribution is -0.123. The maximum Gasteiger partial charge on any atom is 0.229 e. The van der Waals surface area contributed by atoms with Gasteiger partial charge in [0.2, 0.25) is 5.91 Å². The second kappa shape index (κ2) is 5.94. The molecule has 0 saturated carbocycles. The molecule has 3 atom stereocenters. The van der Waals surface area contributed by atoms with Gasteiger partial charge in [0.05, 0.1) is 5.92 Å². The first kappa shape index (κ1) is 13.6. The first-order chi connectivity index (χ1) is 9.79. The van der Waals surface area contributed by atoms with Gasteiger partial charge in [-0.3, -0.25) is 9.69 Å². The number of nitrogens with two attached hydrogens (primary N) is 1. The number of nitrogens with zero attached hydrogens (tertiary/aromatic N) is 1. The van der Waals surface area contributed by atoms with Crippen molar-refractivity contribution in [2.24, 2.45) is 5.73 Å². The van der Waals surface area contributed by atoms with Gasteiger partial charge in [0.15, 0.2) is 0 Å². The highest BCUT2D eigenvalue weighted by Crippen LogP contribution is 2.28. The van der Waals surface area contributed by atoms with Gasteiger partial charge >= 0.3 is 0 Å². The molecule has 1 amide bonds. The SMILES string of the molecule is NCC(C(=O)NC1CCN2CCCC12)c1ccccc1. The number of rotatable bonds is 4. The lowest BCUT2D eigenvalue weighted by atomic mass is 9.97. The predicted octanol–water partition coefficient (Wildman–Crippen LogP) is 1.08. The van der Waals surface area contributed by atoms with Crippen LogP contribution in [0.25, 0.3) is 0 Å². The summed E-state index contributed by atoms with van der Waals surface area (Å²) in [7, 11) is 0. The average molecular weight is 273 g/mol. The molecular weight excluding hydrogens is 250 g/mol. The Morgan fingerprint density at radius 3 is 2.85 bits per heavy atom. The van der Waals surface area contributed by atoms with Crippen molar-refractivity contribution in [2.75, 3.05) is 19.6 Å². The van der Waals surface area contributed by atoms with Crippen molar-refractivity contribution >= 4 is 5.91 Å². The van der Waals surface area contributed by atoms with Crippen molar-refractivity contribution < 1.29 is 4.79 Å². The Balaban J connectivity index is 1.66. The zero-order valence-corrected chi connectivity index (χ0v) is 11.8. The standard InChI is InChI=1S/C16H23N3O/c17-11-13(12-5-2-1-3-6-12)16(20)18-14-8-10-19-9-4-7-15(14)19/h1-3,5-6,13-15H,4,7-11,17H2,(H,18,20). The van der Waals surface area contributed by atoms with Crippen LogP contribution in [0.4, 0.5) is 0 Å². The van der Waals surface area contributed by atoms with E-state index in [1.54, 1.807) is 0 Å². The van der Waals surface area contributed by atoms with Gasteiger partial charge in [-0.1, -0.05) is 30.3 Å². The highest BCUT2D eigenvalue weighted by molar-refractivity contribution is 5.84. The van der Waals surface area contributed by atoms with Crippen LogP contribution >= 0.6 is 0 Å². The molecule has 4 heteroatoms. The van der Waals surface area contributed by atoms with Gasteiger partial charge in [0.25, 0.3) is 0 Å². The normalized spacial score (nSPS) is 27.2. The minimum atomic E-state index is -0.230. The van der Waals surface area contributed by atoms with Crippen LogP contribution in [0.1, 0.15) is 30.7 Å². The summed E-state index contributed by atoms with van der Waals surface area (Å²) in [6, 6.07) is 10.7. The van der Waals surface area contributed by atoms with E-state index in [4.69, 9.17) is 5.73 Å². The summed E-state index contributed by atoms with van der Waals surface area (Å²) in [5.41, 5.74) is 6.82. The summed E-state index contributed by atoms with van der Waals surface area (Å²) in [5, 5.41) is 3.24. The van der Waals surface area contributed by atoms with Crippen LogP contribution in [0.5, 0.6) is 0 Å². The van der Waals surface area contributed by atoms with Crippen LogP contribution in [0.15, 0.2) is 30.3 Å². The van der Waals surface area contributed by atoms with E-state index in [1.165, 1.54) is 19.4 Å². The van der Waals surface area contributed by atoms with Crippen molar-refractivity contribution in [1.82, 2.24) is 10.2 Å². The summed E-state index contributed by atoms with van der Waals surface area (Å²) in [6.45, 7) is 2.67. The van der Waals surface area contributed by atoms with Gasteiger partial charge in [0, 0.05) is 25.2 Å². The third kappa shape index (κ3) is 2.58. The lowest BCUT2D eigenvalue weighted by Crippen LogP contribution is -2.45. The van der Waals surface area contributed by atoms with E-state index in [9.17, 15) is 4.79 Å². The number of carbonyl (C=O) groups excluding carboxylic acids is 1. The maximum atomic E-state index is 12.5. The smallest absolute Gasteiger partial charge is 0.229 e. The monoisotopic (exact) mass is 273 g/mol. The second-order valence-corrected chi connectivity index (χ2v) is 5.85. The van der Waals surface area contributed by atoms with Crippen molar-refractivity contribution in [2.45, 2.75) is 37.3 Å². The number of hydrogen-bond acceptors (Lipinski definition) is 3. The molecule has 0 aromatic heterocycles. The molecule has 0 radical (unpaired) electrons. The topological polar surface area (TPSA) is 58.4 Å². The molecule has 2 heterocycles. The van der Waals surface area contributed by atoms with E-state index in [-0.39, 0.29) is 11.8 Å². The molecule has 20 heavy (non-hydrogen) atoms. The van der Waals surface area contributed by atoms with Crippen LogP contribution in [0, 0.1) is 0 Å². The van der Waals surface area contributed by atoms with Crippen molar-refractivity contribution in [3.8, 4) is 0 Å². The molecular formula is C16H23N3O. The molecule has 4 nitrogen and oxygen atoms in total. The third-order valence-corrected chi connectivity index (χ3v) is 4.69. The Kier molecular flexibility index (Phi) is 4.03. The van der Waals surface area contributed by atoms with Crippen molar-refractivity contribution in [1.29, 1.82) is 0 Å². The van der Waals surface area contributed by atoms with Crippen LogP contribution in [-0.2, 0) is 4.79 Å². The first-order valence-electron chi connectivity index (χ1n) is 7.59. The summed E-state index contributed by atoms with van der Waals surface area (Å²) >= 11 is 0. The largest absolute Gasteiger partial charge is 0.351 e. The predicted molar refractivity (Wildman–Crippen MR) is 79.4 cm³/mol. The Morgan fingerprint density at radius 1 is 1.30 bits per heavy atom. The zero-order chi connectivity index (χ0) is 13.9. The Labute approximate surface area is 120 Å². The molecule has 1 aromatic rings. The third-order valence-electron chi connectivity index (χ3n) is 4.69. The van der Waals surface area contributed by atoms with E-state index in [2.05, 4.69) is 10.2 Å². The molecule has 3 N–H and O–H groups in total. The number of fused-ring (bicyclic) bond motifs is 1. The van der Waals surface area contributed by atoms with Gasteiger partial charge in [-0.2, -0.15) is 0 Å². The minimum absolute atomic E-state index is 0.0810. The quantitative estimate of drug-likeness (QED) is 0.863. The van der Waals surface area contributed by atoms with Gasteiger partial charge in [-0.05, 0) is 31.4 Å². The fraction of sp³-hybridized carbons (Fsp3) is 0.562. The fourth-order valence-corrected chi connectivity index (χ4v) is 3.61. The van der Waals surface area contributed by atoms with Crippen molar-refractivity contribution in [3.63, 3.8) is 0 Å². The molecule has 0 aliphatic carbocycles.